The van der Waals surface area contributed by atoms with Gasteiger partial charge in [-0.15, -0.1) is 0 Å². The van der Waals surface area contributed by atoms with Gasteiger partial charge in [0.1, 0.15) is 11.5 Å². The molecule has 0 spiro atoms. The summed E-state index contributed by atoms with van der Waals surface area (Å²) in [5, 5.41) is 9.47. The molecule has 1 aromatic heterocycles. The van der Waals surface area contributed by atoms with E-state index >= 15 is 0 Å². The minimum absolute atomic E-state index is 0.00138. The first kappa shape index (κ1) is 18.1. The third-order valence-corrected chi connectivity index (χ3v) is 3.95. The lowest BCUT2D eigenvalue weighted by Crippen LogP contribution is -2.40. The van der Waals surface area contributed by atoms with Crippen molar-refractivity contribution >= 4 is 0 Å². The lowest BCUT2D eigenvalue weighted by Gasteiger charge is -2.33. The molecule has 2 aromatic rings. The van der Waals surface area contributed by atoms with Crippen LogP contribution in [0.5, 0.6) is 11.5 Å². The number of nitrogens with zero attached hydrogens (tertiary/aromatic N) is 1. The molecule has 2 heterocycles. The summed E-state index contributed by atoms with van der Waals surface area (Å²) in [7, 11) is 0. The molecule has 4 nitrogen and oxygen atoms in total. The number of aromatic hydroxyl groups is 1. The third kappa shape index (κ3) is 4.46. The van der Waals surface area contributed by atoms with Crippen LogP contribution < -0.4 is 4.74 Å². The molecule has 1 N–H and O–H groups in total. The summed E-state index contributed by atoms with van der Waals surface area (Å²) in [5.41, 5.74) is -1.08. The average Bonchev–Trinajstić information content (AvgIpc) is 2.61. The summed E-state index contributed by atoms with van der Waals surface area (Å²) >= 11 is 0. The van der Waals surface area contributed by atoms with Crippen molar-refractivity contribution in [2.24, 2.45) is 0 Å². The molecule has 1 saturated heterocycles. The van der Waals surface area contributed by atoms with E-state index in [0.717, 1.165) is 12.1 Å². The van der Waals surface area contributed by atoms with Gasteiger partial charge in [0.25, 0.3) is 0 Å². The number of rotatable bonds is 2. The van der Waals surface area contributed by atoms with E-state index in [1.54, 1.807) is 0 Å². The first-order valence-electron chi connectivity index (χ1n) is 7.98. The van der Waals surface area contributed by atoms with E-state index in [1.165, 1.54) is 30.6 Å². The van der Waals surface area contributed by atoms with Gasteiger partial charge in [0.05, 0.1) is 25.0 Å². The smallest absolute Gasteiger partial charge is 0.416 e. The fourth-order valence-electron chi connectivity index (χ4n) is 2.57. The zero-order chi connectivity index (χ0) is 18.6. The Kier molecular flexibility index (Phi) is 5.05. The molecule has 1 fully saturated rings. The van der Waals surface area contributed by atoms with Crippen LogP contribution in [-0.4, -0.2) is 28.9 Å². The molecule has 26 heavy (non-hydrogen) atoms. The lowest BCUT2D eigenvalue weighted by atomic mass is 9.94. The highest BCUT2D eigenvalue weighted by atomic mass is 19.4. The zero-order valence-electron chi connectivity index (χ0n) is 13.7. The molecule has 7 heteroatoms. The Hall–Kier alpha value is -2.72. The van der Waals surface area contributed by atoms with Crippen LogP contribution in [0.25, 0.3) is 0 Å². The maximum absolute atomic E-state index is 12.7. The first-order chi connectivity index (χ1) is 12.4. The highest BCUT2D eigenvalue weighted by Crippen LogP contribution is 2.32. The number of pyridine rings is 1. The Morgan fingerprint density at radius 1 is 1.12 bits per heavy atom. The fourth-order valence-corrected chi connectivity index (χ4v) is 2.57. The topological polar surface area (TPSA) is 51.6 Å². The molecule has 3 rings (SSSR count). The van der Waals surface area contributed by atoms with Crippen molar-refractivity contribution in [3.63, 3.8) is 0 Å². The van der Waals surface area contributed by atoms with Gasteiger partial charge in [-0.1, -0.05) is 5.92 Å². The minimum Gasteiger partial charge on any atom is -0.506 e. The Bertz CT molecular complexity index is 816. The van der Waals surface area contributed by atoms with Gasteiger partial charge in [0.15, 0.2) is 5.60 Å². The molecule has 0 bridgehead atoms. The maximum Gasteiger partial charge on any atom is 0.416 e. The van der Waals surface area contributed by atoms with Crippen LogP contribution in [0.1, 0.15) is 24.0 Å². The van der Waals surface area contributed by atoms with Gasteiger partial charge in [-0.3, -0.25) is 4.98 Å². The van der Waals surface area contributed by atoms with E-state index in [4.69, 9.17) is 9.47 Å². The van der Waals surface area contributed by atoms with Gasteiger partial charge < -0.3 is 14.6 Å². The number of hydrogen-bond acceptors (Lipinski definition) is 4. The van der Waals surface area contributed by atoms with Gasteiger partial charge in [0.2, 0.25) is 0 Å². The van der Waals surface area contributed by atoms with Gasteiger partial charge >= 0.3 is 6.18 Å². The number of hydrogen-bond donors (Lipinski definition) is 1. The van der Waals surface area contributed by atoms with E-state index < -0.39 is 17.3 Å². The number of benzene rings is 1. The van der Waals surface area contributed by atoms with Gasteiger partial charge in [-0.25, -0.2) is 0 Å². The minimum atomic E-state index is -4.39. The van der Waals surface area contributed by atoms with Gasteiger partial charge in [0, 0.05) is 24.6 Å². The number of ether oxygens (including phenoxy) is 2. The molecule has 0 unspecified atom stereocenters. The lowest BCUT2D eigenvalue weighted by molar-refractivity contribution is -0.137. The average molecular weight is 363 g/mol. The third-order valence-electron chi connectivity index (χ3n) is 3.95. The van der Waals surface area contributed by atoms with E-state index in [2.05, 4.69) is 16.8 Å². The quantitative estimate of drug-likeness (QED) is 0.825. The van der Waals surface area contributed by atoms with Gasteiger partial charge in [-0.2, -0.15) is 13.2 Å². The van der Waals surface area contributed by atoms with Crippen LogP contribution in [-0.2, 0) is 10.9 Å². The van der Waals surface area contributed by atoms with Crippen LogP contribution >= 0.6 is 0 Å². The molecule has 1 aliphatic rings. The zero-order valence-corrected chi connectivity index (χ0v) is 13.7. The molecular formula is C19H16F3NO3. The van der Waals surface area contributed by atoms with Crippen molar-refractivity contribution in [3.05, 3.63) is 53.9 Å². The van der Waals surface area contributed by atoms with E-state index in [-0.39, 0.29) is 5.75 Å². The van der Waals surface area contributed by atoms with Crippen molar-refractivity contribution < 1.29 is 27.8 Å². The van der Waals surface area contributed by atoms with Crippen LogP contribution in [0.4, 0.5) is 13.2 Å². The first-order valence-corrected chi connectivity index (χ1v) is 7.98. The second-order valence-electron chi connectivity index (χ2n) is 5.91. The molecule has 1 aliphatic heterocycles. The predicted molar refractivity (Wildman–Crippen MR) is 87.6 cm³/mol. The van der Waals surface area contributed by atoms with Crippen LogP contribution in [0.15, 0.2) is 42.7 Å². The maximum atomic E-state index is 12.7. The Balaban J connectivity index is 1.84. The Morgan fingerprint density at radius 2 is 1.81 bits per heavy atom. The largest absolute Gasteiger partial charge is 0.506 e. The van der Waals surface area contributed by atoms with Crippen molar-refractivity contribution in [3.8, 4) is 23.3 Å². The van der Waals surface area contributed by atoms with Crippen LogP contribution in [0.3, 0.4) is 0 Å². The standard InChI is InChI=1S/C19H16F3NO3/c20-19(21,22)15-1-3-17(4-2-15)26-18(7-9-25-10-8-18)6-5-14-11-16(24)13-23-12-14/h1-4,11-13,24H,7-10H2. The molecule has 0 saturated carbocycles. The number of alkyl halides is 3. The Labute approximate surface area is 148 Å². The highest BCUT2D eigenvalue weighted by molar-refractivity contribution is 5.39. The second kappa shape index (κ2) is 7.26. The summed E-state index contributed by atoms with van der Waals surface area (Å²) < 4.78 is 49.4. The van der Waals surface area contributed by atoms with Crippen molar-refractivity contribution in [2.45, 2.75) is 24.6 Å². The molecule has 0 atom stereocenters. The molecule has 0 aliphatic carbocycles. The van der Waals surface area contributed by atoms with Crippen LogP contribution in [0, 0.1) is 11.8 Å². The molecule has 0 amide bonds. The summed E-state index contributed by atoms with van der Waals surface area (Å²) in [4.78, 5) is 3.86. The highest BCUT2D eigenvalue weighted by Gasteiger charge is 2.34. The van der Waals surface area contributed by atoms with Gasteiger partial charge in [-0.05, 0) is 36.3 Å². The number of aromatic nitrogens is 1. The van der Waals surface area contributed by atoms with E-state index in [0.29, 0.717) is 37.4 Å². The summed E-state index contributed by atoms with van der Waals surface area (Å²) in [6.07, 6.45) is -0.622. The van der Waals surface area contributed by atoms with Crippen molar-refractivity contribution in [1.82, 2.24) is 4.98 Å². The summed E-state index contributed by atoms with van der Waals surface area (Å²) in [5.74, 6) is 6.28. The van der Waals surface area contributed by atoms with E-state index in [9.17, 15) is 18.3 Å². The predicted octanol–water partition coefficient (Wildman–Crippen LogP) is 3.79. The summed E-state index contributed by atoms with van der Waals surface area (Å²) in [6, 6.07) is 6.02. The van der Waals surface area contributed by atoms with E-state index in [1.807, 2.05) is 0 Å². The second-order valence-corrected chi connectivity index (χ2v) is 5.91. The molecule has 1 aromatic carbocycles. The molecular weight excluding hydrogens is 347 g/mol. The van der Waals surface area contributed by atoms with Crippen molar-refractivity contribution in [2.75, 3.05) is 13.2 Å². The fraction of sp³-hybridized carbons (Fsp3) is 0.316. The Morgan fingerprint density at radius 3 is 2.42 bits per heavy atom. The monoisotopic (exact) mass is 363 g/mol. The number of halogens is 3. The SMILES string of the molecule is Oc1cncc(C#CC2(Oc3ccc(C(F)(F)F)cc3)CCOCC2)c1. The molecule has 0 radical (unpaired) electrons. The molecule has 136 valence electrons. The summed E-state index contributed by atoms with van der Waals surface area (Å²) in [6.45, 7) is 0.876. The van der Waals surface area contributed by atoms with Crippen LogP contribution in [0.2, 0.25) is 0 Å². The normalized spacial score (nSPS) is 16.4. The van der Waals surface area contributed by atoms with Crippen molar-refractivity contribution in [1.29, 1.82) is 0 Å².